The van der Waals surface area contributed by atoms with Crippen LogP contribution < -0.4 is 16.0 Å². The molecule has 0 saturated heterocycles. The Bertz CT molecular complexity index is 804. The highest BCUT2D eigenvalue weighted by atomic mass is 16.2. The zero-order chi connectivity index (χ0) is 28.7. The minimum atomic E-state index is -1.04. The van der Waals surface area contributed by atoms with Gasteiger partial charge in [-0.2, -0.15) is 0 Å². The van der Waals surface area contributed by atoms with Gasteiger partial charge < -0.3 is 20.9 Å². The van der Waals surface area contributed by atoms with Crippen molar-refractivity contribution in [3.63, 3.8) is 0 Å². The molecule has 37 heavy (non-hydrogen) atoms. The molecular weight excluding hydrogens is 472 g/mol. The number of carbonyl (C=O) groups is 5. The number of ketones is 1. The van der Waals surface area contributed by atoms with E-state index in [1.165, 1.54) is 4.90 Å². The number of hydrogen-bond acceptors (Lipinski definition) is 5. The van der Waals surface area contributed by atoms with Crippen molar-refractivity contribution in [2.75, 3.05) is 14.1 Å². The van der Waals surface area contributed by atoms with E-state index >= 15 is 0 Å². The summed E-state index contributed by atoms with van der Waals surface area (Å²) in [6.45, 7) is 13.1. The van der Waals surface area contributed by atoms with Gasteiger partial charge in [0.2, 0.25) is 23.6 Å². The van der Waals surface area contributed by atoms with Crippen molar-refractivity contribution in [3.05, 3.63) is 11.6 Å². The highest BCUT2D eigenvalue weighted by molar-refractivity contribution is 6.02. The maximum absolute atomic E-state index is 13.3. The zero-order valence-electron chi connectivity index (χ0n) is 24.4. The van der Waals surface area contributed by atoms with Crippen molar-refractivity contribution < 1.29 is 24.0 Å². The van der Waals surface area contributed by atoms with Crippen LogP contribution in [0.3, 0.4) is 0 Å². The number of unbranched alkanes of at least 4 members (excludes halogenated alkanes) is 2. The lowest BCUT2D eigenvalue weighted by Gasteiger charge is -2.27. The monoisotopic (exact) mass is 522 g/mol. The Morgan fingerprint density at radius 3 is 1.92 bits per heavy atom. The van der Waals surface area contributed by atoms with E-state index < -0.39 is 29.9 Å². The summed E-state index contributed by atoms with van der Waals surface area (Å²) in [5.41, 5.74) is 0.542. The van der Waals surface area contributed by atoms with E-state index in [-0.39, 0.29) is 42.3 Å². The molecule has 0 heterocycles. The van der Waals surface area contributed by atoms with Crippen molar-refractivity contribution in [3.8, 4) is 0 Å². The zero-order valence-corrected chi connectivity index (χ0v) is 24.4. The minimum Gasteiger partial charge on any atom is -0.349 e. The number of Topliss-reactive ketones (excluding diaryl/α,β-unsaturated/α-hetero) is 1. The van der Waals surface area contributed by atoms with E-state index in [9.17, 15) is 24.0 Å². The van der Waals surface area contributed by atoms with Crippen molar-refractivity contribution in [2.24, 2.45) is 11.8 Å². The smallest absolute Gasteiger partial charge is 0.243 e. The lowest BCUT2D eigenvalue weighted by Crippen LogP contribution is -2.57. The molecule has 3 N–H and O–H groups in total. The molecule has 9 heteroatoms. The van der Waals surface area contributed by atoms with Gasteiger partial charge in [0.1, 0.15) is 12.1 Å². The standard InChI is InChI=1S/C28H50N4O5/c1-10-12-13-14-23(33)31-25(19(5)6)28(37)29-21(15-16-24(34)32(8)9)27(36)30-22(17-18(3)4)26(35)20(7)11-2/h11,18-19,21-22,25H,10,12-17H2,1-9H3,(H,29,37)(H,30,36)(H,31,33). The molecule has 0 aliphatic carbocycles. The molecule has 0 rings (SSSR count). The fourth-order valence-corrected chi connectivity index (χ4v) is 3.73. The highest BCUT2D eigenvalue weighted by Crippen LogP contribution is 2.12. The average Bonchev–Trinajstić information content (AvgIpc) is 2.82. The third-order valence-electron chi connectivity index (χ3n) is 6.21. The molecule has 0 fully saturated rings. The molecule has 0 bridgehead atoms. The summed E-state index contributed by atoms with van der Waals surface area (Å²) in [4.78, 5) is 65.5. The normalized spacial score (nSPS) is 14.1. The molecule has 4 amide bonds. The van der Waals surface area contributed by atoms with Crippen LogP contribution in [-0.4, -0.2) is 66.5 Å². The Morgan fingerprint density at radius 2 is 1.43 bits per heavy atom. The summed E-state index contributed by atoms with van der Waals surface area (Å²) >= 11 is 0. The predicted molar refractivity (Wildman–Crippen MR) is 147 cm³/mol. The predicted octanol–water partition coefficient (Wildman–Crippen LogP) is 3.13. The highest BCUT2D eigenvalue weighted by Gasteiger charge is 2.31. The topological polar surface area (TPSA) is 125 Å². The van der Waals surface area contributed by atoms with Crippen LogP contribution in [-0.2, 0) is 24.0 Å². The molecular formula is C28H50N4O5. The number of nitrogens with one attached hydrogen (secondary N) is 3. The summed E-state index contributed by atoms with van der Waals surface area (Å²) in [5, 5.41) is 8.34. The number of allylic oxidation sites excluding steroid dienone is 1. The van der Waals surface area contributed by atoms with Crippen molar-refractivity contribution in [2.45, 2.75) is 112 Å². The van der Waals surface area contributed by atoms with Crippen LogP contribution in [0.5, 0.6) is 0 Å². The van der Waals surface area contributed by atoms with Crippen LogP contribution in [0.25, 0.3) is 0 Å². The van der Waals surface area contributed by atoms with Gasteiger partial charge in [-0.1, -0.05) is 53.5 Å². The number of rotatable bonds is 17. The third-order valence-corrected chi connectivity index (χ3v) is 6.21. The van der Waals surface area contributed by atoms with E-state index in [0.717, 1.165) is 19.3 Å². The summed E-state index contributed by atoms with van der Waals surface area (Å²) in [6, 6.07) is -2.61. The molecule has 0 aromatic rings. The van der Waals surface area contributed by atoms with E-state index in [0.29, 0.717) is 18.4 Å². The second kappa shape index (κ2) is 17.7. The third kappa shape index (κ3) is 13.4. The first-order valence-electron chi connectivity index (χ1n) is 13.5. The second-order valence-corrected chi connectivity index (χ2v) is 10.7. The number of amides is 4. The van der Waals surface area contributed by atoms with Crippen LogP contribution in [0.15, 0.2) is 11.6 Å². The van der Waals surface area contributed by atoms with E-state index in [4.69, 9.17) is 0 Å². The van der Waals surface area contributed by atoms with Crippen molar-refractivity contribution >= 4 is 29.4 Å². The Labute approximate surface area is 223 Å². The van der Waals surface area contributed by atoms with Gasteiger partial charge in [0, 0.05) is 26.9 Å². The Hall–Kier alpha value is -2.71. The first-order chi connectivity index (χ1) is 17.2. The van der Waals surface area contributed by atoms with Gasteiger partial charge in [-0.15, -0.1) is 0 Å². The molecule has 0 radical (unpaired) electrons. The maximum Gasteiger partial charge on any atom is 0.243 e. The molecule has 0 spiro atoms. The van der Waals surface area contributed by atoms with Gasteiger partial charge in [0.05, 0.1) is 6.04 Å². The van der Waals surface area contributed by atoms with Crippen molar-refractivity contribution in [1.29, 1.82) is 0 Å². The molecule has 0 aliphatic rings. The molecule has 3 unspecified atom stereocenters. The Balaban J connectivity index is 5.77. The lowest BCUT2D eigenvalue weighted by molar-refractivity contribution is -0.134. The fourth-order valence-electron chi connectivity index (χ4n) is 3.73. The van der Waals surface area contributed by atoms with Gasteiger partial charge in [-0.25, -0.2) is 0 Å². The SMILES string of the molecule is CC=C(C)C(=O)C(CC(C)C)NC(=O)C(CCC(=O)N(C)C)NC(=O)C(NC(=O)CCCCC)C(C)C. The van der Waals surface area contributed by atoms with Crippen LogP contribution >= 0.6 is 0 Å². The molecule has 0 saturated carbocycles. The van der Waals surface area contributed by atoms with E-state index in [2.05, 4.69) is 16.0 Å². The molecule has 3 atom stereocenters. The average molecular weight is 523 g/mol. The van der Waals surface area contributed by atoms with Gasteiger partial charge >= 0.3 is 0 Å². The number of nitrogens with zero attached hydrogens (tertiary/aromatic N) is 1. The fraction of sp³-hybridized carbons (Fsp3) is 0.750. The summed E-state index contributed by atoms with van der Waals surface area (Å²) in [6.07, 6.45) is 5.22. The van der Waals surface area contributed by atoms with Crippen LogP contribution in [0.2, 0.25) is 0 Å². The van der Waals surface area contributed by atoms with Gasteiger partial charge in [-0.05, 0) is 50.5 Å². The van der Waals surface area contributed by atoms with Crippen LogP contribution in [0.1, 0.15) is 93.4 Å². The second-order valence-electron chi connectivity index (χ2n) is 10.7. The maximum atomic E-state index is 13.3. The summed E-state index contributed by atoms with van der Waals surface area (Å²) in [7, 11) is 3.24. The molecule has 0 aromatic carbocycles. The molecule has 0 aliphatic heterocycles. The van der Waals surface area contributed by atoms with Gasteiger partial charge in [0.15, 0.2) is 5.78 Å². The quantitative estimate of drug-likeness (QED) is 0.200. The first-order valence-corrected chi connectivity index (χ1v) is 13.5. The van der Waals surface area contributed by atoms with Gasteiger partial charge in [-0.3, -0.25) is 24.0 Å². The summed E-state index contributed by atoms with van der Waals surface area (Å²) < 4.78 is 0. The first kappa shape index (κ1) is 34.3. The van der Waals surface area contributed by atoms with Crippen LogP contribution in [0, 0.1) is 11.8 Å². The van der Waals surface area contributed by atoms with E-state index in [1.807, 2.05) is 34.6 Å². The molecule has 212 valence electrons. The largest absolute Gasteiger partial charge is 0.349 e. The minimum absolute atomic E-state index is 0.0395. The Kier molecular flexibility index (Phi) is 16.4. The van der Waals surface area contributed by atoms with E-state index in [1.54, 1.807) is 34.0 Å². The molecule has 9 nitrogen and oxygen atoms in total. The van der Waals surface area contributed by atoms with Gasteiger partial charge in [0.25, 0.3) is 0 Å². The number of hydrogen-bond donors (Lipinski definition) is 3. The lowest BCUT2D eigenvalue weighted by atomic mass is 9.95. The summed E-state index contributed by atoms with van der Waals surface area (Å²) in [5.74, 6) is -1.66. The molecule has 0 aromatic heterocycles. The Morgan fingerprint density at radius 1 is 0.838 bits per heavy atom. The van der Waals surface area contributed by atoms with Crippen LogP contribution in [0.4, 0.5) is 0 Å². The number of carbonyl (C=O) groups excluding carboxylic acids is 5. The van der Waals surface area contributed by atoms with Crippen molar-refractivity contribution in [1.82, 2.24) is 20.9 Å².